The normalized spacial score (nSPS) is 23.8. The molecule has 32 heavy (non-hydrogen) atoms. The average Bonchev–Trinajstić information content (AvgIpc) is 3.55. The highest BCUT2D eigenvalue weighted by atomic mass is 15.6. The number of para-hydroxylation sites is 1. The van der Waals surface area contributed by atoms with E-state index < -0.39 is 6.29 Å². The molecule has 1 saturated heterocycles. The van der Waals surface area contributed by atoms with Crippen LogP contribution >= 0.6 is 0 Å². The first-order chi connectivity index (χ1) is 15.5. The molecule has 1 aromatic carbocycles. The fraction of sp³-hybridized carbons (Fsp3) is 0.478. The van der Waals surface area contributed by atoms with Crippen molar-refractivity contribution in [1.29, 1.82) is 0 Å². The Morgan fingerprint density at radius 1 is 1.12 bits per heavy atom. The van der Waals surface area contributed by atoms with Crippen LogP contribution in [0.15, 0.2) is 48.9 Å². The van der Waals surface area contributed by atoms with Crippen LogP contribution < -0.4 is 21.7 Å². The second-order valence-electron chi connectivity index (χ2n) is 9.11. The third-order valence-electron chi connectivity index (χ3n) is 6.65. The molecule has 0 radical (unpaired) electrons. The van der Waals surface area contributed by atoms with Crippen molar-refractivity contribution in [2.24, 2.45) is 17.4 Å². The molecule has 5 rings (SSSR count). The molecule has 0 spiro atoms. The molecule has 0 saturated carbocycles. The van der Waals surface area contributed by atoms with Crippen molar-refractivity contribution < 1.29 is 0 Å². The number of benzene rings is 1. The first-order valence-corrected chi connectivity index (χ1v) is 11.4. The molecular weight excluding hydrogens is 402 g/mol. The lowest BCUT2D eigenvalue weighted by atomic mass is 10.0. The molecule has 3 atom stereocenters. The average molecular weight is 436 g/mol. The third-order valence-corrected chi connectivity index (χ3v) is 6.65. The lowest BCUT2D eigenvalue weighted by Gasteiger charge is -2.47. The van der Waals surface area contributed by atoms with Gasteiger partial charge in [-0.1, -0.05) is 32.0 Å². The number of anilines is 1. The lowest BCUT2D eigenvalue weighted by molar-refractivity contribution is 0.0505. The minimum absolute atomic E-state index is 0.342. The van der Waals surface area contributed by atoms with Crippen molar-refractivity contribution in [3.05, 3.63) is 60.0 Å². The third kappa shape index (κ3) is 3.71. The van der Waals surface area contributed by atoms with Crippen LogP contribution in [0.4, 0.5) is 5.82 Å². The van der Waals surface area contributed by atoms with Crippen LogP contribution in [0.1, 0.15) is 43.6 Å². The fourth-order valence-corrected chi connectivity index (χ4v) is 4.87. The highest BCUT2D eigenvalue weighted by Gasteiger charge is 2.39. The molecular formula is C23H33N9. The van der Waals surface area contributed by atoms with Crippen molar-refractivity contribution in [3.8, 4) is 5.69 Å². The number of nitrogens with one attached hydrogen (secondary N) is 1. The van der Waals surface area contributed by atoms with E-state index in [0.717, 1.165) is 43.1 Å². The maximum Gasteiger partial charge on any atom is 0.160 e. The summed E-state index contributed by atoms with van der Waals surface area (Å²) in [5, 5.41) is 12.6. The number of nitrogens with two attached hydrogens (primary N) is 2. The molecule has 4 heterocycles. The number of aromatic nitrogens is 4. The summed E-state index contributed by atoms with van der Waals surface area (Å²) in [6.45, 7) is 7.93. The first kappa shape index (κ1) is 21.1. The summed E-state index contributed by atoms with van der Waals surface area (Å²) in [6, 6.07) is 10.2. The number of hydrogen-bond acceptors (Lipinski definition) is 7. The van der Waals surface area contributed by atoms with E-state index in [1.54, 1.807) is 6.20 Å². The Morgan fingerprint density at radius 3 is 2.69 bits per heavy atom. The van der Waals surface area contributed by atoms with Crippen molar-refractivity contribution >= 4 is 5.82 Å². The Bertz CT molecular complexity index is 1040. The molecule has 0 bridgehead atoms. The highest BCUT2D eigenvalue weighted by molar-refractivity contribution is 5.51. The van der Waals surface area contributed by atoms with Gasteiger partial charge >= 0.3 is 0 Å². The van der Waals surface area contributed by atoms with Crippen molar-refractivity contribution in [1.82, 2.24) is 29.8 Å². The lowest BCUT2D eigenvalue weighted by Crippen LogP contribution is -2.63. The smallest absolute Gasteiger partial charge is 0.160 e. The van der Waals surface area contributed by atoms with Gasteiger partial charge < -0.3 is 10.2 Å². The van der Waals surface area contributed by atoms with Crippen LogP contribution in [0, 0.1) is 5.92 Å². The van der Waals surface area contributed by atoms with Gasteiger partial charge in [0.05, 0.1) is 11.9 Å². The topological polar surface area (TPSA) is 106 Å². The zero-order valence-corrected chi connectivity index (χ0v) is 18.8. The first-order valence-electron chi connectivity index (χ1n) is 11.4. The van der Waals surface area contributed by atoms with Gasteiger partial charge in [-0.15, -0.1) is 0 Å². The summed E-state index contributed by atoms with van der Waals surface area (Å²) in [6.07, 6.45) is 6.05. The van der Waals surface area contributed by atoms with Gasteiger partial charge in [0.15, 0.2) is 6.29 Å². The van der Waals surface area contributed by atoms with Gasteiger partial charge in [-0.25, -0.2) is 14.3 Å². The minimum atomic E-state index is -0.448. The Kier molecular flexibility index (Phi) is 5.73. The Morgan fingerprint density at radius 2 is 1.97 bits per heavy atom. The minimum Gasteiger partial charge on any atom is -0.328 e. The molecule has 3 unspecified atom stereocenters. The van der Waals surface area contributed by atoms with E-state index >= 15 is 0 Å². The second-order valence-corrected chi connectivity index (χ2v) is 9.11. The molecule has 3 aromatic rings. The van der Waals surface area contributed by atoms with Gasteiger partial charge in [-0.3, -0.25) is 11.5 Å². The van der Waals surface area contributed by atoms with Gasteiger partial charge in [0.1, 0.15) is 12.1 Å². The monoisotopic (exact) mass is 435 g/mol. The molecule has 170 valence electrons. The van der Waals surface area contributed by atoms with E-state index in [2.05, 4.69) is 46.2 Å². The van der Waals surface area contributed by atoms with E-state index in [1.807, 2.05) is 40.0 Å². The van der Waals surface area contributed by atoms with Crippen LogP contribution in [-0.4, -0.2) is 50.4 Å². The predicted octanol–water partition coefficient (Wildman–Crippen LogP) is 1.78. The molecule has 9 heteroatoms. The standard InChI is InChI=1S/C23H33N9/c1-16(2)19-13-28-32-21(19)29(14-17-8-10-26-12-17)22(24)30(23(32)25)15-18-6-3-4-7-20(18)31-11-5-9-27-31/h3-7,9,11,13,16-17,22-23,26H,8,10,12,14-15,24-25H2,1-2H3. The maximum atomic E-state index is 6.94. The van der Waals surface area contributed by atoms with E-state index in [-0.39, 0.29) is 6.29 Å². The van der Waals surface area contributed by atoms with E-state index in [0.29, 0.717) is 18.4 Å². The van der Waals surface area contributed by atoms with E-state index in [9.17, 15) is 0 Å². The predicted molar refractivity (Wildman–Crippen MR) is 125 cm³/mol. The quantitative estimate of drug-likeness (QED) is 0.542. The molecule has 2 aliphatic heterocycles. The van der Waals surface area contributed by atoms with Crippen LogP contribution in [-0.2, 0) is 6.54 Å². The van der Waals surface area contributed by atoms with Crippen LogP contribution in [0.25, 0.3) is 5.69 Å². The highest BCUT2D eigenvalue weighted by Crippen LogP contribution is 2.37. The largest absolute Gasteiger partial charge is 0.328 e. The van der Waals surface area contributed by atoms with Gasteiger partial charge in [0.2, 0.25) is 0 Å². The fourth-order valence-electron chi connectivity index (χ4n) is 4.87. The Labute approximate surface area is 189 Å². The van der Waals surface area contributed by atoms with Crippen molar-refractivity contribution in [2.45, 2.75) is 45.3 Å². The van der Waals surface area contributed by atoms with Gasteiger partial charge in [-0.2, -0.15) is 10.2 Å². The number of hydrogen-bond donors (Lipinski definition) is 3. The van der Waals surface area contributed by atoms with E-state index in [4.69, 9.17) is 16.6 Å². The zero-order chi connectivity index (χ0) is 22.2. The summed E-state index contributed by atoms with van der Waals surface area (Å²) < 4.78 is 3.83. The molecule has 0 aliphatic carbocycles. The van der Waals surface area contributed by atoms with Gasteiger partial charge in [-0.05, 0) is 49.0 Å². The van der Waals surface area contributed by atoms with E-state index in [1.165, 1.54) is 5.56 Å². The summed E-state index contributed by atoms with van der Waals surface area (Å²) in [4.78, 5) is 4.43. The number of rotatable bonds is 6. The molecule has 9 nitrogen and oxygen atoms in total. The Balaban J connectivity index is 1.51. The summed E-state index contributed by atoms with van der Waals surface area (Å²) in [5.41, 5.74) is 17.0. The van der Waals surface area contributed by atoms with Crippen molar-refractivity contribution in [2.75, 3.05) is 24.5 Å². The molecule has 1 fully saturated rings. The zero-order valence-electron chi connectivity index (χ0n) is 18.8. The van der Waals surface area contributed by atoms with Crippen LogP contribution in [0.5, 0.6) is 0 Å². The summed E-state index contributed by atoms with van der Waals surface area (Å²) in [7, 11) is 0. The summed E-state index contributed by atoms with van der Waals surface area (Å²) >= 11 is 0. The van der Waals surface area contributed by atoms with Crippen LogP contribution in [0.2, 0.25) is 0 Å². The SMILES string of the molecule is CC(C)c1cnn2c1N(CC1CCNC1)C(N)N(Cc1ccccc1-n1cccn1)C2N. The molecule has 2 aliphatic rings. The van der Waals surface area contributed by atoms with Crippen LogP contribution in [0.3, 0.4) is 0 Å². The molecule has 5 N–H and O–H groups in total. The Hall–Kier alpha value is -2.72. The number of fused-ring (bicyclic) bond motifs is 1. The van der Waals surface area contributed by atoms with Gasteiger partial charge in [0, 0.05) is 31.0 Å². The second kappa shape index (κ2) is 8.67. The number of nitrogens with zero attached hydrogens (tertiary/aromatic N) is 6. The van der Waals surface area contributed by atoms with Crippen molar-refractivity contribution in [3.63, 3.8) is 0 Å². The summed E-state index contributed by atoms with van der Waals surface area (Å²) in [5.74, 6) is 1.95. The molecule has 0 amide bonds. The maximum absolute atomic E-state index is 6.94. The van der Waals surface area contributed by atoms with Gasteiger partial charge in [0.25, 0.3) is 0 Å². The molecule has 2 aromatic heterocycles.